The van der Waals surface area contributed by atoms with E-state index in [1.807, 2.05) is 25.1 Å². The highest BCUT2D eigenvalue weighted by Crippen LogP contribution is 2.35. The van der Waals surface area contributed by atoms with Crippen molar-refractivity contribution < 1.29 is 0 Å². The minimum Gasteiger partial charge on any atom is -0.382 e. The van der Waals surface area contributed by atoms with Crippen LogP contribution in [0.15, 0.2) is 54.3 Å². The second-order valence-corrected chi connectivity index (χ2v) is 6.83. The van der Waals surface area contributed by atoms with Gasteiger partial charge in [-0.05, 0) is 36.6 Å². The van der Waals surface area contributed by atoms with Crippen molar-refractivity contribution in [3.63, 3.8) is 0 Å². The number of thiophene rings is 1. The molecule has 0 aromatic carbocycles. The number of nitrogen functional groups attached to an aromatic ring is 1. The summed E-state index contributed by atoms with van der Waals surface area (Å²) in [5, 5.41) is 14.7. The molecule has 0 amide bonds. The summed E-state index contributed by atoms with van der Waals surface area (Å²) in [7, 11) is 0. The molecule has 4 rings (SSSR count). The van der Waals surface area contributed by atoms with Gasteiger partial charge in [0.2, 0.25) is 0 Å². The molecule has 3 N–H and O–H groups in total. The summed E-state index contributed by atoms with van der Waals surface area (Å²) in [4.78, 5) is 9.26. The molecule has 1 unspecified atom stereocenters. The van der Waals surface area contributed by atoms with Crippen LogP contribution in [0.1, 0.15) is 24.1 Å². The van der Waals surface area contributed by atoms with Crippen molar-refractivity contribution in [2.75, 3.05) is 11.1 Å². The standard InChI is InChI=1S/C19H16N6S/c1-12(24-19-15(10-20)18(21)22-11-23-19)14-9-13-5-2-3-7-25(13)17(14)16-6-4-8-26-16/h2-9,11-12H,1H3,(H3,21,22,23,24). The maximum absolute atomic E-state index is 9.35. The number of nitrogens with one attached hydrogen (secondary N) is 1. The lowest BCUT2D eigenvalue weighted by Crippen LogP contribution is -2.11. The van der Waals surface area contributed by atoms with E-state index in [0.717, 1.165) is 16.8 Å². The molecule has 4 aromatic rings. The second kappa shape index (κ2) is 6.50. The highest BCUT2D eigenvalue weighted by molar-refractivity contribution is 7.13. The molecule has 0 bridgehead atoms. The van der Waals surface area contributed by atoms with Gasteiger partial charge in [-0.1, -0.05) is 12.1 Å². The molecule has 0 aliphatic rings. The Morgan fingerprint density at radius 1 is 1.27 bits per heavy atom. The van der Waals surface area contributed by atoms with Gasteiger partial charge in [0.1, 0.15) is 29.6 Å². The SMILES string of the molecule is CC(Nc1ncnc(N)c1C#N)c1cc2ccccn2c1-c1cccs1. The maximum atomic E-state index is 9.35. The maximum Gasteiger partial charge on any atom is 0.150 e. The summed E-state index contributed by atoms with van der Waals surface area (Å²) >= 11 is 1.70. The van der Waals surface area contributed by atoms with Gasteiger partial charge >= 0.3 is 0 Å². The topological polar surface area (TPSA) is 92.0 Å². The molecule has 0 saturated heterocycles. The predicted octanol–water partition coefficient (Wildman–Crippen LogP) is 4.08. The number of nitrogens with two attached hydrogens (primary N) is 1. The van der Waals surface area contributed by atoms with Gasteiger partial charge in [0, 0.05) is 17.3 Å². The number of hydrogen-bond acceptors (Lipinski definition) is 6. The fourth-order valence-corrected chi connectivity index (χ4v) is 3.84. The number of nitriles is 1. The molecule has 1 atom stereocenters. The monoisotopic (exact) mass is 360 g/mol. The highest BCUT2D eigenvalue weighted by Gasteiger charge is 2.20. The average Bonchev–Trinajstić information content (AvgIpc) is 3.29. The van der Waals surface area contributed by atoms with Crippen LogP contribution in [0.4, 0.5) is 11.6 Å². The van der Waals surface area contributed by atoms with Crippen molar-refractivity contribution in [2.45, 2.75) is 13.0 Å². The van der Waals surface area contributed by atoms with Crippen molar-refractivity contribution in [1.82, 2.24) is 14.4 Å². The summed E-state index contributed by atoms with van der Waals surface area (Å²) in [6.07, 6.45) is 3.42. The molecule has 4 heterocycles. The number of hydrogen-bond donors (Lipinski definition) is 2. The van der Waals surface area contributed by atoms with E-state index >= 15 is 0 Å². The number of fused-ring (bicyclic) bond motifs is 1. The van der Waals surface area contributed by atoms with Gasteiger partial charge in [-0.2, -0.15) is 5.26 Å². The smallest absolute Gasteiger partial charge is 0.150 e. The zero-order chi connectivity index (χ0) is 18.1. The van der Waals surface area contributed by atoms with Crippen LogP contribution < -0.4 is 11.1 Å². The van der Waals surface area contributed by atoms with Crippen molar-refractivity contribution in [2.24, 2.45) is 0 Å². The molecule has 26 heavy (non-hydrogen) atoms. The van der Waals surface area contributed by atoms with Gasteiger partial charge in [0.25, 0.3) is 0 Å². The van der Waals surface area contributed by atoms with Crippen molar-refractivity contribution in [1.29, 1.82) is 5.26 Å². The zero-order valence-corrected chi connectivity index (χ0v) is 14.9. The van der Waals surface area contributed by atoms with Crippen LogP contribution in [-0.2, 0) is 0 Å². The molecule has 6 nitrogen and oxygen atoms in total. The van der Waals surface area contributed by atoms with E-state index in [-0.39, 0.29) is 17.4 Å². The lowest BCUT2D eigenvalue weighted by Gasteiger charge is -2.16. The summed E-state index contributed by atoms with van der Waals surface area (Å²) in [5.41, 5.74) is 9.44. The number of anilines is 2. The predicted molar refractivity (Wildman–Crippen MR) is 104 cm³/mol. The number of rotatable bonds is 4. The van der Waals surface area contributed by atoms with E-state index < -0.39 is 0 Å². The first-order valence-corrected chi connectivity index (χ1v) is 8.98. The Bertz CT molecular complexity index is 1110. The minimum absolute atomic E-state index is 0.0756. The lowest BCUT2D eigenvalue weighted by atomic mass is 10.1. The number of nitrogens with zero attached hydrogens (tertiary/aromatic N) is 4. The Labute approximate surface area is 154 Å². The van der Waals surface area contributed by atoms with E-state index in [0.29, 0.717) is 5.82 Å². The van der Waals surface area contributed by atoms with E-state index in [2.05, 4.69) is 55.5 Å². The average molecular weight is 360 g/mol. The molecular formula is C19H16N6S. The molecule has 0 aliphatic carbocycles. The Morgan fingerprint density at radius 3 is 2.92 bits per heavy atom. The number of pyridine rings is 1. The zero-order valence-electron chi connectivity index (χ0n) is 14.0. The van der Waals surface area contributed by atoms with Crippen LogP contribution in [-0.4, -0.2) is 14.4 Å². The van der Waals surface area contributed by atoms with Gasteiger partial charge in [0.05, 0.1) is 16.6 Å². The van der Waals surface area contributed by atoms with Crippen LogP contribution >= 0.6 is 11.3 Å². The molecule has 0 radical (unpaired) electrons. The molecule has 7 heteroatoms. The number of aromatic nitrogens is 3. The van der Waals surface area contributed by atoms with Gasteiger partial charge in [0.15, 0.2) is 0 Å². The largest absolute Gasteiger partial charge is 0.382 e. The Morgan fingerprint density at radius 2 is 2.15 bits per heavy atom. The van der Waals surface area contributed by atoms with E-state index in [1.54, 1.807) is 11.3 Å². The third-order valence-electron chi connectivity index (χ3n) is 4.27. The van der Waals surface area contributed by atoms with Crippen molar-refractivity contribution in [3.8, 4) is 16.6 Å². The third kappa shape index (κ3) is 2.66. The Balaban J connectivity index is 1.81. The van der Waals surface area contributed by atoms with Crippen molar-refractivity contribution in [3.05, 3.63) is 65.4 Å². The second-order valence-electron chi connectivity index (χ2n) is 5.88. The van der Waals surface area contributed by atoms with E-state index in [4.69, 9.17) is 5.73 Å². The molecule has 0 saturated carbocycles. The third-order valence-corrected chi connectivity index (χ3v) is 5.15. The van der Waals surface area contributed by atoms with Gasteiger partial charge < -0.3 is 15.5 Å². The van der Waals surface area contributed by atoms with Gasteiger partial charge in [-0.25, -0.2) is 9.97 Å². The molecule has 4 aromatic heterocycles. The van der Waals surface area contributed by atoms with Gasteiger partial charge in [-0.15, -0.1) is 11.3 Å². The lowest BCUT2D eigenvalue weighted by molar-refractivity contribution is 0.873. The van der Waals surface area contributed by atoms with Crippen LogP contribution in [0.3, 0.4) is 0 Å². The fourth-order valence-electron chi connectivity index (χ4n) is 3.05. The first-order valence-electron chi connectivity index (χ1n) is 8.10. The van der Waals surface area contributed by atoms with Crippen LogP contribution in [0.25, 0.3) is 16.1 Å². The molecule has 0 spiro atoms. The quantitative estimate of drug-likeness (QED) is 0.572. The van der Waals surface area contributed by atoms with E-state index in [9.17, 15) is 5.26 Å². The first-order chi connectivity index (χ1) is 12.7. The highest BCUT2D eigenvalue weighted by atomic mass is 32.1. The fraction of sp³-hybridized carbons (Fsp3) is 0.105. The Hall–Kier alpha value is -3.37. The summed E-state index contributed by atoms with van der Waals surface area (Å²) in [6, 6.07) is 14.4. The normalized spacial score (nSPS) is 12.0. The van der Waals surface area contributed by atoms with Crippen LogP contribution in [0.5, 0.6) is 0 Å². The summed E-state index contributed by atoms with van der Waals surface area (Å²) < 4.78 is 2.18. The first kappa shape index (κ1) is 16.1. The van der Waals surface area contributed by atoms with Crippen LogP contribution in [0.2, 0.25) is 0 Å². The summed E-state index contributed by atoms with van der Waals surface area (Å²) in [5.74, 6) is 0.623. The summed E-state index contributed by atoms with van der Waals surface area (Å²) in [6.45, 7) is 2.05. The molecule has 0 fully saturated rings. The molecular weight excluding hydrogens is 344 g/mol. The molecule has 0 aliphatic heterocycles. The van der Waals surface area contributed by atoms with Crippen LogP contribution in [0, 0.1) is 11.3 Å². The van der Waals surface area contributed by atoms with Crippen molar-refractivity contribution >= 4 is 28.5 Å². The van der Waals surface area contributed by atoms with E-state index in [1.165, 1.54) is 11.2 Å². The van der Waals surface area contributed by atoms with Gasteiger partial charge in [-0.3, -0.25) is 0 Å². The minimum atomic E-state index is -0.0756. The Kier molecular flexibility index (Phi) is 4.03. The molecule has 128 valence electrons.